The van der Waals surface area contributed by atoms with E-state index in [9.17, 15) is 18.0 Å². The molecule has 0 radical (unpaired) electrons. The van der Waals surface area contributed by atoms with Crippen molar-refractivity contribution < 1.29 is 22.7 Å². The Morgan fingerprint density at radius 3 is 2.56 bits per heavy atom. The number of hydrogen-bond donors (Lipinski definition) is 3. The predicted octanol–water partition coefficient (Wildman–Crippen LogP) is 2.65. The van der Waals surface area contributed by atoms with E-state index >= 15 is 0 Å². The number of benzene rings is 2. The minimum atomic E-state index is -3.85. The molecule has 0 bridgehead atoms. The fourth-order valence-electron chi connectivity index (χ4n) is 2.57. The smallest absolute Gasteiger partial charge is 0.279 e. The zero-order valence-corrected chi connectivity index (χ0v) is 18.4. The third kappa shape index (κ3) is 5.63. The molecular weight excluding hydrogens is 452 g/mol. The number of carbonyl (C=O) groups is 2. The zero-order valence-electron chi connectivity index (χ0n) is 16.7. The van der Waals surface area contributed by atoms with Crippen molar-refractivity contribution in [3.8, 4) is 11.8 Å². The Bertz CT molecular complexity index is 1270. The van der Waals surface area contributed by atoms with E-state index in [0.29, 0.717) is 11.3 Å². The van der Waals surface area contributed by atoms with Crippen molar-refractivity contribution in [1.82, 2.24) is 10.9 Å². The van der Waals surface area contributed by atoms with Gasteiger partial charge in [-0.15, -0.1) is 11.3 Å². The standard InChI is InChI=1S/C21H18N4O5S2/c1-14(30-16-7-4-6-15(12-16)13-22)20(26)23-24-21(27)17-8-2-3-9-18(17)25-32(28,29)19-10-5-11-31-19/h2-12,14,25H,1H3,(H,23,26)(H,24,27). The van der Waals surface area contributed by atoms with E-state index < -0.39 is 27.9 Å². The number of para-hydroxylation sites is 1. The molecule has 164 valence electrons. The molecule has 11 heteroatoms. The van der Waals surface area contributed by atoms with Gasteiger partial charge in [-0.2, -0.15) is 5.26 Å². The van der Waals surface area contributed by atoms with Crippen LogP contribution < -0.4 is 20.3 Å². The average molecular weight is 471 g/mol. The van der Waals surface area contributed by atoms with E-state index in [-0.39, 0.29) is 15.5 Å². The zero-order chi connectivity index (χ0) is 23.1. The maximum absolute atomic E-state index is 12.6. The summed E-state index contributed by atoms with van der Waals surface area (Å²) in [4.78, 5) is 24.9. The number of amides is 2. The van der Waals surface area contributed by atoms with Gasteiger partial charge < -0.3 is 4.74 Å². The number of anilines is 1. The highest BCUT2D eigenvalue weighted by atomic mass is 32.2. The number of thiophene rings is 1. The van der Waals surface area contributed by atoms with Crippen LogP contribution in [0.4, 0.5) is 5.69 Å². The number of carbonyl (C=O) groups excluding carboxylic acids is 2. The monoisotopic (exact) mass is 470 g/mol. The Balaban J connectivity index is 1.63. The number of hydrazine groups is 1. The first-order valence-corrected chi connectivity index (χ1v) is 11.6. The first kappa shape index (κ1) is 22.8. The first-order chi connectivity index (χ1) is 15.3. The minimum Gasteiger partial charge on any atom is -0.481 e. The summed E-state index contributed by atoms with van der Waals surface area (Å²) in [6.07, 6.45) is -0.975. The number of nitrogens with one attached hydrogen (secondary N) is 3. The third-order valence-electron chi connectivity index (χ3n) is 4.12. The minimum absolute atomic E-state index is 0.0169. The van der Waals surface area contributed by atoms with E-state index in [1.165, 1.54) is 31.2 Å². The molecule has 32 heavy (non-hydrogen) atoms. The van der Waals surface area contributed by atoms with E-state index in [2.05, 4.69) is 15.6 Å². The van der Waals surface area contributed by atoms with Gasteiger partial charge in [-0.25, -0.2) is 8.42 Å². The van der Waals surface area contributed by atoms with Crippen LogP contribution in [0.25, 0.3) is 0 Å². The summed E-state index contributed by atoms with van der Waals surface area (Å²) in [5.74, 6) is -1.04. The van der Waals surface area contributed by atoms with Gasteiger partial charge in [-0.3, -0.25) is 25.2 Å². The van der Waals surface area contributed by atoms with Gasteiger partial charge in [0.1, 0.15) is 9.96 Å². The molecule has 3 rings (SSSR count). The lowest BCUT2D eigenvalue weighted by Crippen LogP contribution is -2.47. The molecule has 2 aromatic carbocycles. The lowest BCUT2D eigenvalue weighted by Gasteiger charge is -2.16. The largest absolute Gasteiger partial charge is 0.481 e. The van der Waals surface area contributed by atoms with Crippen LogP contribution in [0.15, 0.2) is 70.3 Å². The number of ether oxygens (including phenoxy) is 1. The second kappa shape index (κ2) is 9.95. The lowest BCUT2D eigenvalue weighted by molar-refractivity contribution is -0.128. The van der Waals surface area contributed by atoms with Gasteiger partial charge in [0.15, 0.2) is 6.10 Å². The fraction of sp³-hybridized carbons (Fsp3) is 0.0952. The highest BCUT2D eigenvalue weighted by Gasteiger charge is 2.21. The van der Waals surface area contributed by atoms with Gasteiger partial charge in [-0.1, -0.05) is 24.3 Å². The molecule has 2 amide bonds. The van der Waals surface area contributed by atoms with Gasteiger partial charge in [0.2, 0.25) is 0 Å². The predicted molar refractivity (Wildman–Crippen MR) is 118 cm³/mol. The molecule has 0 spiro atoms. The third-order valence-corrected chi connectivity index (χ3v) is 6.88. The van der Waals surface area contributed by atoms with Gasteiger partial charge in [0, 0.05) is 0 Å². The molecule has 0 aliphatic carbocycles. The average Bonchev–Trinajstić information content (AvgIpc) is 3.33. The Labute approximate surface area is 188 Å². The van der Waals surface area contributed by atoms with Crippen LogP contribution in [0.3, 0.4) is 0 Å². The summed E-state index contributed by atoms with van der Waals surface area (Å²) in [6, 6.07) is 17.3. The topological polar surface area (TPSA) is 137 Å². The van der Waals surface area contributed by atoms with Crippen molar-refractivity contribution in [3.63, 3.8) is 0 Å². The van der Waals surface area contributed by atoms with Crippen molar-refractivity contribution in [1.29, 1.82) is 5.26 Å². The SMILES string of the molecule is CC(Oc1cccc(C#N)c1)C(=O)NNC(=O)c1ccccc1NS(=O)(=O)c1cccs1. The maximum atomic E-state index is 12.6. The van der Waals surface area contributed by atoms with Gasteiger partial charge in [-0.05, 0) is 48.7 Å². The van der Waals surface area contributed by atoms with Gasteiger partial charge in [0.05, 0.1) is 22.9 Å². The Morgan fingerprint density at radius 2 is 1.84 bits per heavy atom. The van der Waals surface area contributed by atoms with Crippen molar-refractivity contribution >= 4 is 38.9 Å². The number of nitrogens with zero attached hydrogens (tertiary/aromatic N) is 1. The molecule has 1 unspecified atom stereocenters. The molecule has 0 aliphatic rings. The Hall–Kier alpha value is -3.88. The molecule has 3 aromatic rings. The number of rotatable bonds is 7. The maximum Gasteiger partial charge on any atom is 0.279 e. The van der Waals surface area contributed by atoms with Crippen LogP contribution in [0.2, 0.25) is 0 Å². The van der Waals surface area contributed by atoms with Crippen LogP contribution in [0.5, 0.6) is 5.75 Å². The number of sulfonamides is 1. The fourth-order valence-corrected chi connectivity index (χ4v) is 4.64. The highest BCUT2D eigenvalue weighted by Crippen LogP contribution is 2.22. The summed E-state index contributed by atoms with van der Waals surface area (Å²) in [7, 11) is -3.85. The van der Waals surface area contributed by atoms with E-state index in [1.54, 1.807) is 41.8 Å². The van der Waals surface area contributed by atoms with Crippen LogP contribution in [0, 0.1) is 11.3 Å². The molecule has 1 atom stereocenters. The molecular formula is C21H18N4O5S2. The Morgan fingerprint density at radius 1 is 1.06 bits per heavy atom. The summed E-state index contributed by atoms with van der Waals surface area (Å²) < 4.78 is 32.9. The van der Waals surface area contributed by atoms with Gasteiger partial charge >= 0.3 is 0 Å². The van der Waals surface area contributed by atoms with Crippen molar-refractivity contribution in [3.05, 3.63) is 77.2 Å². The van der Waals surface area contributed by atoms with E-state index in [4.69, 9.17) is 10.00 Å². The highest BCUT2D eigenvalue weighted by molar-refractivity contribution is 7.94. The summed E-state index contributed by atoms with van der Waals surface area (Å²) in [6.45, 7) is 1.48. The van der Waals surface area contributed by atoms with Crippen LogP contribution >= 0.6 is 11.3 Å². The number of nitriles is 1. The van der Waals surface area contributed by atoms with Crippen LogP contribution in [-0.4, -0.2) is 26.3 Å². The molecule has 0 saturated carbocycles. The molecule has 0 fully saturated rings. The normalized spacial score (nSPS) is 11.6. The lowest BCUT2D eigenvalue weighted by atomic mass is 10.2. The van der Waals surface area contributed by atoms with E-state index in [0.717, 1.165) is 11.3 Å². The molecule has 3 N–H and O–H groups in total. The molecule has 9 nitrogen and oxygen atoms in total. The first-order valence-electron chi connectivity index (χ1n) is 9.22. The second-order valence-electron chi connectivity index (χ2n) is 6.43. The van der Waals surface area contributed by atoms with Crippen molar-refractivity contribution in [2.45, 2.75) is 17.2 Å². The van der Waals surface area contributed by atoms with Gasteiger partial charge in [0.25, 0.3) is 21.8 Å². The summed E-state index contributed by atoms with van der Waals surface area (Å²) >= 11 is 1.04. The summed E-state index contributed by atoms with van der Waals surface area (Å²) in [5, 5.41) is 10.6. The second-order valence-corrected chi connectivity index (χ2v) is 9.28. The van der Waals surface area contributed by atoms with Crippen LogP contribution in [-0.2, 0) is 14.8 Å². The van der Waals surface area contributed by atoms with E-state index in [1.807, 2.05) is 6.07 Å². The summed E-state index contributed by atoms with van der Waals surface area (Å²) in [5.41, 5.74) is 4.95. The van der Waals surface area contributed by atoms with Crippen LogP contribution in [0.1, 0.15) is 22.8 Å². The molecule has 1 heterocycles. The quantitative estimate of drug-likeness (QED) is 0.454. The van der Waals surface area contributed by atoms with Crippen molar-refractivity contribution in [2.75, 3.05) is 4.72 Å². The molecule has 0 aliphatic heterocycles. The number of hydrogen-bond acceptors (Lipinski definition) is 7. The Kier molecular flexibility index (Phi) is 7.09. The molecule has 1 aromatic heterocycles. The molecule has 0 saturated heterocycles. The van der Waals surface area contributed by atoms with Crippen molar-refractivity contribution in [2.24, 2.45) is 0 Å².